The number of fused-ring (bicyclic) bond motifs is 1. The van der Waals surface area contributed by atoms with Crippen LogP contribution < -0.4 is 5.32 Å². The van der Waals surface area contributed by atoms with Crippen molar-refractivity contribution in [1.29, 1.82) is 0 Å². The van der Waals surface area contributed by atoms with E-state index >= 15 is 0 Å². The fraction of sp³-hybridized carbons (Fsp3) is 0.769. The Kier molecular flexibility index (Phi) is 3.94. The van der Waals surface area contributed by atoms with Crippen molar-refractivity contribution in [2.75, 3.05) is 26.2 Å². The lowest BCUT2D eigenvalue weighted by Gasteiger charge is -2.40. The maximum absolute atomic E-state index is 5.94. The maximum atomic E-state index is 5.94. The van der Waals surface area contributed by atoms with Gasteiger partial charge in [-0.15, -0.1) is 11.3 Å². The van der Waals surface area contributed by atoms with Gasteiger partial charge in [-0.1, -0.05) is 0 Å². The zero-order valence-corrected chi connectivity index (χ0v) is 11.7. The zero-order valence-electron chi connectivity index (χ0n) is 10.9. The van der Waals surface area contributed by atoms with Crippen LogP contribution in [0.3, 0.4) is 0 Å². The second-order valence-corrected chi connectivity index (χ2v) is 6.19. The van der Waals surface area contributed by atoms with E-state index in [0.717, 1.165) is 44.2 Å². The van der Waals surface area contributed by atoms with Gasteiger partial charge in [0.15, 0.2) is 0 Å². The van der Waals surface area contributed by atoms with Crippen molar-refractivity contribution in [2.24, 2.45) is 0 Å². The normalized spacial score (nSPS) is 29.8. The van der Waals surface area contributed by atoms with E-state index in [0.29, 0.717) is 12.1 Å². The molecule has 2 fully saturated rings. The number of ether oxygens (including phenoxy) is 1. The van der Waals surface area contributed by atoms with Crippen LogP contribution in [-0.2, 0) is 11.3 Å². The highest BCUT2D eigenvalue weighted by Gasteiger charge is 2.33. The van der Waals surface area contributed by atoms with Gasteiger partial charge in [-0.25, -0.2) is 4.98 Å². The first-order valence-electron chi connectivity index (χ1n) is 6.80. The standard InChI is InChI=1S/C13H21N3OS/c1-10-15-11(9-18-10)8-16-6-7-17-13-3-5-14-4-2-12(13)16/h9,12-14H,2-8H2,1H3/t12-,13-/m1/s1. The van der Waals surface area contributed by atoms with Crippen LogP contribution in [0.15, 0.2) is 5.38 Å². The molecule has 0 saturated carbocycles. The van der Waals surface area contributed by atoms with Crippen LogP contribution in [0.5, 0.6) is 0 Å². The summed E-state index contributed by atoms with van der Waals surface area (Å²) in [6, 6.07) is 0.566. The topological polar surface area (TPSA) is 37.4 Å². The van der Waals surface area contributed by atoms with Crippen molar-refractivity contribution < 1.29 is 4.74 Å². The Morgan fingerprint density at radius 1 is 1.50 bits per heavy atom. The quantitative estimate of drug-likeness (QED) is 0.879. The third kappa shape index (κ3) is 2.74. The Hall–Kier alpha value is -0.490. The molecular weight excluding hydrogens is 246 g/mol. The summed E-state index contributed by atoms with van der Waals surface area (Å²) in [5.41, 5.74) is 1.22. The van der Waals surface area contributed by atoms with E-state index in [-0.39, 0.29) is 0 Å². The molecule has 5 heteroatoms. The van der Waals surface area contributed by atoms with E-state index in [4.69, 9.17) is 4.74 Å². The number of aryl methyl sites for hydroxylation is 1. The molecule has 0 aliphatic carbocycles. The van der Waals surface area contributed by atoms with Gasteiger partial charge in [-0.2, -0.15) is 0 Å². The van der Waals surface area contributed by atoms with Gasteiger partial charge < -0.3 is 10.1 Å². The minimum absolute atomic E-state index is 0.411. The van der Waals surface area contributed by atoms with Crippen LogP contribution in [0.1, 0.15) is 23.5 Å². The monoisotopic (exact) mass is 267 g/mol. The first kappa shape index (κ1) is 12.5. The molecule has 0 aromatic carbocycles. The van der Waals surface area contributed by atoms with Crippen LogP contribution in [0, 0.1) is 6.92 Å². The lowest BCUT2D eigenvalue weighted by atomic mass is 10.0. The lowest BCUT2D eigenvalue weighted by Crippen LogP contribution is -2.50. The van der Waals surface area contributed by atoms with E-state index in [1.165, 1.54) is 12.1 Å². The molecule has 0 radical (unpaired) electrons. The molecule has 4 nitrogen and oxygen atoms in total. The first-order chi connectivity index (χ1) is 8.83. The summed E-state index contributed by atoms with van der Waals surface area (Å²) in [7, 11) is 0. The van der Waals surface area contributed by atoms with Gasteiger partial charge >= 0.3 is 0 Å². The number of morpholine rings is 1. The molecule has 0 unspecified atom stereocenters. The zero-order chi connectivity index (χ0) is 12.4. The molecule has 0 amide bonds. The number of rotatable bonds is 2. The van der Waals surface area contributed by atoms with Crippen molar-refractivity contribution >= 4 is 11.3 Å². The molecule has 2 atom stereocenters. The summed E-state index contributed by atoms with van der Waals surface area (Å²) < 4.78 is 5.94. The van der Waals surface area contributed by atoms with Gasteiger partial charge in [-0.3, -0.25) is 4.90 Å². The highest BCUT2D eigenvalue weighted by atomic mass is 32.1. The Bertz CT molecular complexity index is 395. The van der Waals surface area contributed by atoms with Crippen molar-refractivity contribution in [2.45, 2.75) is 38.5 Å². The fourth-order valence-corrected chi connectivity index (χ4v) is 3.59. The summed E-state index contributed by atoms with van der Waals surface area (Å²) in [6.07, 6.45) is 2.74. The summed E-state index contributed by atoms with van der Waals surface area (Å²) in [5.74, 6) is 0. The summed E-state index contributed by atoms with van der Waals surface area (Å²) in [5, 5.41) is 6.83. The molecule has 1 aromatic rings. The largest absolute Gasteiger partial charge is 0.375 e. The van der Waals surface area contributed by atoms with Gasteiger partial charge in [0, 0.05) is 24.5 Å². The average Bonchev–Trinajstić information content (AvgIpc) is 2.65. The molecule has 2 saturated heterocycles. The SMILES string of the molecule is Cc1nc(CN2CCO[C@@H]3CCNCC[C@H]32)cs1. The van der Waals surface area contributed by atoms with Gasteiger partial charge in [0.2, 0.25) is 0 Å². The molecule has 0 bridgehead atoms. The van der Waals surface area contributed by atoms with Gasteiger partial charge in [-0.05, 0) is 32.9 Å². The summed E-state index contributed by atoms with van der Waals surface area (Å²) in [4.78, 5) is 7.15. The number of nitrogens with zero attached hydrogens (tertiary/aromatic N) is 2. The van der Waals surface area contributed by atoms with Crippen LogP contribution in [0.25, 0.3) is 0 Å². The van der Waals surface area contributed by atoms with E-state index in [1.807, 2.05) is 0 Å². The first-order valence-corrected chi connectivity index (χ1v) is 7.68. The molecule has 0 spiro atoms. The maximum Gasteiger partial charge on any atom is 0.0897 e. The highest BCUT2D eigenvalue weighted by molar-refractivity contribution is 7.09. The fourth-order valence-electron chi connectivity index (χ4n) is 2.98. The second kappa shape index (κ2) is 5.65. The van der Waals surface area contributed by atoms with Gasteiger partial charge in [0.25, 0.3) is 0 Å². The Morgan fingerprint density at radius 2 is 2.39 bits per heavy atom. The highest BCUT2D eigenvalue weighted by Crippen LogP contribution is 2.23. The predicted octanol–water partition coefficient (Wildman–Crippen LogP) is 1.40. The van der Waals surface area contributed by atoms with Crippen molar-refractivity contribution in [3.8, 4) is 0 Å². The van der Waals surface area contributed by atoms with Crippen molar-refractivity contribution in [1.82, 2.24) is 15.2 Å². The molecule has 2 aliphatic rings. The Labute approximate surface area is 112 Å². The Balaban J connectivity index is 1.69. The number of hydrogen-bond acceptors (Lipinski definition) is 5. The van der Waals surface area contributed by atoms with Crippen molar-refractivity contribution in [3.05, 3.63) is 16.1 Å². The van der Waals surface area contributed by atoms with E-state index in [1.54, 1.807) is 11.3 Å². The van der Waals surface area contributed by atoms with E-state index in [2.05, 4.69) is 27.5 Å². The second-order valence-electron chi connectivity index (χ2n) is 5.13. The van der Waals surface area contributed by atoms with Crippen LogP contribution >= 0.6 is 11.3 Å². The van der Waals surface area contributed by atoms with Gasteiger partial charge in [0.05, 0.1) is 23.4 Å². The van der Waals surface area contributed by atoms with Crippen LogP contribution in [0.4, 0.5) is 0 Å². The molecule has 18 heavy (non-hydrogen) atoms. The van der Waals surface area contributed by atoms with Gasteiger partial charge in [0.1, 0.15) is 0 Å². The smallest absolute Gasteiger partial charge is 0.0897 e. The van der Waals surface area contributed by atoms with Crippen LogP contribution in [0.2, 0.25) is 0 Å². The minimum Gasteiger partial charge on any atom is -0.375 e. The van der Waals surface area contributed by atoms with E-state index in [9.17, 15) is 0 Å². The predicted molar refractivity (Wildman–Crippen MR) is 72.9 cm³/mol. The van der Waals surface area contributed by atoms with Crippen LogP contribution in [-0.4, -0.2) is 48.3 Å². The summed E-state index contributed by atoms with van der Waals surface area (Å²) in [6.45, 7) is 7.16. The van der Waals surface area contributed by atoms with Crippen molar-refractivity contribution in [3.63, 3.8) is 0 Å². The van der Waals surface area contributed by atoms with E-state index < -0.39 is 0 Å². The Morgan fingerprint density at radius 3 is 3.22 bits per heavy atom. The molecular formula is C13H21N3OS. The molecule has 1 N–H and O–H groups in total. The molecule has 100 valence electrons. The third-order valence-corrected chi connectivity index (χ3v) is 4.69. The molecule has 1 aromatic heterocycles. The minimum atomic E-state index is 0.411. The number of aromatic nitrogens is 1. The summed E-state index contributed by atoms with van der Waals surface area (Å²) >= 11 is 1.75. The molecule has 2 aliphatic heterocycles. The number of thiazole rings is 1. The average molecular weight is 267 g/mol. The molecule has 3 rings (SSSR count). The third-order valence-electron chi connectivity index (χ3n) is 3.86. The number of nitrogens with one attached hydrogen (secondary N) is 1. The lowest BCUT2D eigenvalue weighted by molar-refractivity contribution is -0.0749. The number of hydrogen-bond donors (Lipinski definition) is 1. The molecule has 3 heterocycles.